The molecule has 39 heavy (non-hydrogen) atoms. The standard InChI is InChI=1S/C32H24INO4S/c1-3-23-10-9-22(20-33)19-29(23)30(34-38-21(2)35)32(37)26-13-17-28(18-14-26)39-27-15-11-25(12-16-27)31(36)24-7-5-4-6-8-24/h3-19H,1,20H2,2H3/b34-30+. The predicted molar refractivity (Wildman–Crippen MR) is 164 cm³/mol. The molecule has 0 radical (unpaired) electrons. The van der Waals surface area contributed by atoms with Crippen molar-refractivity contribution in [3.63, 3.8) is 0 Å². The summed E-state index contributed by atoms with van der Waals surface area (Å²) in [5.74, 6) is -1.01. The number of halogens is 1. The van der Waals surface area contributed by atoms with Crippen LogP contribution in [0.4, 0.5) is 0 Å². The number of benzene rings is 4. The summed E-state index contributed by atoms with van der Waals surface area (Å²) in [5, 5.41) is 3.92. The first-order chi connectivity index (χ1) is 18.9. The molecule has 0 aliphatic heterocycles. The van der Waals surface area contributed by atoms with Gasteiger partial charge in [-0.05, 0) is 65.7 Å². The number of rotatable bonds is 10. The molecule has 194 valence electrons. The molecule has 0 aromatic heterocycles. The molecular formula is C32H24INO4S. The molecular weight excluding hydrogens is 621 g/mol. The smallest absolute Gasteiger partial charge is 0.318 e. The van der Waals surface area contributed by atoms with Crippen molar-refractivity contribution in [3.05, 3.63) is 137 Å². The number of hydrogen-bond donors (Lipinski definition) is 0. The first-order valence-corrected chi connectivity index (χ1v) is 14.3. The van der Waals surface area contributed by atoms with E-state index < -0.39 is 5.97 Å². The Bertz CT molecular complexity index is 1550. The Hall–Kier alpha value is -3.82. The Morgan fingerprint density at radius 1 is 0.846 bits per heavy atom. The van der Waals surface area contributed by atoms with E-state index in [4.69, 9.17) is 4.84 Å². The molecule has 0 aliphatic carbocycles. The molecule has 0 spiro atoms. The minimum absolute atomic E-state index is 0.0233. The SMILES string of the molecule is C=Cc1ccc(CI)cc1/C(=N\OC(C)=O)C(=O)c1ccc(Sc2ccc(C(=O)c3ccccc3)cc2)cc1. The van der Waals surface area contributed by atoms with Gasteiger partial charge in [-0.1, -0.05) is 94.6 Å². The van der Waals surface area contributed by atoms with Gasteiger partial charge < -0.3 is 4.84 Å². The molecule has 5 nitrogen and oxygen atoms in total. The lowest BCUT2D eigenvalue weighted by molar-refractivity contribution is -0.140. The van der Waals surface area contributed by atoms with Crippen LogP contribution in [0.2, 0.25) is 0 Å². The molecule has 0 heterocycles. The highest BCUT2D eigenvalue weighted by molar-refractivity contribution is 14.1. The minimum atomic E-state index is -0.617. The Labute approximate surface area is 245 Å². The van der Waals surface area contributed by atoms with Crippen LogP contribution in [-0.4, -0.2) is 23.2 Å². The summed E-state index contributed by atoms with van der Waals surface area (Å²) in [5.41, 5.74) is 3.98. The highest BCUT2D eigenvalue weighted by Gasteiger charge is 2.21. The van der Waals surface area contributed by atoms with Gasteiger partial charge in [-0.3, -0.25) is 9.59 Å². The van der Waals surface area contributed by atoms with Gasteiger partial charge in [0.1, 0.15) is 0 Å². The molecule has 0 N–H and O–H groups in total. The number of ketones is 2. The Morgan fingerprint density at radius 2 is 1.44 bits per heavy atom. The van der Waals surface area contributed by atoms with Gasteiger partial charge in [0.25, 0.3) is 0 Å². The van der Waals surface area contributed by atoms with Crippen LogP contribution < -0.4 is 0 Å². The van der Waals surface area contributed by atoms with E-state index in [1.807, 2.05) is 72.8 Å². The van der Waals surface area contributed by atoms with Crippen molar-refractivity contribution >= 4 is 63.7 Å². The molecule has 4 aromatic rings. The molecule has 0 unspecified atom stereocenters. The fraction of sp³-hybridized carbons (Fsp3) is 0.0625. The van der Waals surface area contributed by atoms with Crippen LogP contribution in [0.5, 0.6) is 0 Å². The monoisotopic (exact) mass is 645 g/mol. The summed E-state index contributed by atoms with van der Waals surface area (Å²) in [4.78, 5) is 44.4. The molecule has 0 fully saturated rings. The number of carbonyl (C=O) groups is 3. The zero-order valence-corrected chi connectivity index (χ0v) is 24.1. The van der Waals surface area contributed by atoms with Gasteiger partial charge in [-0.15, -0.1) is 0 Å². The lowest BCUT2D eigenvalue weighted by atomic mass is 9.95. The summed E-state index contributed by atoms with van der Waals surface area (Å²) in [6.07, 6.45) is 1.64. The van der Waals surface area contributed by atoms with Gasteiger partial charge in [-0.25, -0.2) is 4.79 Å². The third-order valence-electron chi connectivity index (χ3n) is 5.73. The first-order valence-electron chi connectivity index (χ1n) is 12.0. The third kappa shape index (κ3) is 7.19. The molecule has 4 aromatic carbocycles. The van der Waals surface area contributed by atoms with E-state index in [9.17, 15) is 14.4 Å². The number of nitrogens with zero attached hydrogens (tertiary/aromatic N) is 1. The number of alkyl halides is 1. The van der Waals surface area contributed by atoms with Gasteiger partial charge in [-0.2, -0.15) is 0 Å². The molecule has 7 heteroatoms. The van der Waals surface area contributed by atoms with E-state index in [1.165, 1.54) is 18.7 Å². The average molecular weight is 646 g/mol. The van der Waals surface area contributed by atoms with E-state index in [1.54, 1.807) is 30.3 Å². The van der Waals surface area contributed by atoms with Gasteiger partial charge in [0.05, 0.1) is 0 Å². The van der Waals surface area contributed by atoms with E-state index in [-0.39, 0.29) is 17.3 Å². The number of carbonyl (C=O) groups excluding carboxylic acids is 3. The van der Waals surface area contributed by atoms with Crippen molar-refractivity contribution in [2.45, 2.75) is 21.1 Å². The largest absolute Gasteiger partial charge is 0.332 e. The second-order valence-corrected chi connectivity index (χ2v) is 10.4. The van der Waals surface area contributed by atoms with Gasteiger partial charge in [0.15, 0.2) is 11.5 Å². The Kier molecular flexibility index (Phi) is 9.62. The van der Waals surface area contributed by atoms with Gasteiger partial charge in [0, 0.05) is 43.4 Å². The molecule has 0 saturated carbocycles. The van der Waals surface area contributed by atoms with Crippen molar-refractivity contribution in [1.82, 2.24) is 0 Å². The van der Waals surface area contributed by atoms with Crippen LogP contribution in [0, 0.1) is 0 Å². The first kappa shape index (κ1) is 28.2. The van der Waals surface area contributed by atoms with Crippen LogP contribution in [0.1, 0.15) is 49.9 Å². The fourth-order valence-corrected chi connectivity index (χ4v) is 5.06. The second-order valence-electron chi connectivity index (χ2n) is 8.46. The zero-order chi connectivity index (χ0) is 27.8. The predicted octanol–water partition coefficient (Wildman–Crippen LogP) is 7.80. The van der Waals surface area contributed by atoms with Crippen molar-refractivity contribution in [2.24, 2.45) is 5.16 Å². The van der Waals surface area contributed by atoms with E-state index in [2.05, 4.69) is 34.3 Å². The maximum Gasteiger partial charge on any atom is 0.332 e. The van der Waals surface area contributed by atoms with E-state index in [0.29, 0.717) is 27.8 Å². The number of oxime groups is 1. The molecule has 0 amide bonds. The second kappa shape index (κ2) is 13.3. The third-order valence-corrected chi connectivity index (χ3v) is 7.63. The lowest BCUT2D eigenvalue weighted by Crippen LogP contribution is -2.18. The summed E-state index contributed by atoms with van der Waals surface area (Å²) >= 11 is 3.76. The highest BCUT2D eigenvalue weighted by atomic mass is 127. The molecule has 4 rings (SSSR count). The summed E-state index contributed by atoms with van der Waals surface area (Å²) < 4.78 is 0.741. The van der Waals surface area contributed by atoms with Crippen molar-refractivity contribution in [1.29, 1.82) is 0 Å². The summed E-state index contributed by atoms with van der Waals surface area (Å²) in [6, 6.07) is 29.4. The van der Waals surface area contributed by atoms with Crippen LogP contribution in [0.15, 0.2) is 119 Å². The molecule has 0 atom stereocenters. The maximum atomic E-state index is 13.5. The molecule has 0 bridgehead atoms. The van der Waals surface area contributed by atoms with Gasteiger partial charge in [0.2, 0.25) is 5.78 Å². The van der Waals surface area contributed by atoms with Gasteiger partial charge >= 0.3 is 5.97 Å². The topological polar surface area (TPSA) is 72.8 Å². The Balaban J connectivity index is 1.54. The fourth-order valence-electron chi connectivity index (χ4n) is 3.77. The maximum absolute atomic E-state index is 13.5. The van der Waals surface area contributed by atoms with Crippen molar-refractivity contribution in [3.8, 4) is 0 Å². The quantitative estimate of drug-likeness (QED) is 0.0440. The normalized spacial score (nSPS) is 11.1. The number of hydrogen-bond acceptors (Lipinski definition) is 6. The molecule has 0 saturated heterocycles. The lowest BCUT2D eigenvalue weighted by Gasteiger charge is -2.11. The highest BCUT2D eigenvalue weighted by Crippen LogP contribution is 2.29. The Morgan fingerprint density at radius 3 is 2.00 bits per heavy atom. The summed E-state index contributed by atoms with van der Waals surface area (Å²) in [7, 11) is 0. The average Bonchev–Trinajstić information content (AvgIpc) is 2.97. The zero-order valence-electron chi connectivity index (χ0n) is 21.1. The van der Waals surface area contributed by atoms with Crippen LogP contribution >= 0.6 is 34.4 Å². The molecule has 0 aliphatic rings. The van der Waals surface area contributed by atoms with Crippen molar-refractivity contribution in [2.75, 3.05) is 0 Å². The van der Waals surface area contributed by atoms with E-state index in [0.717, 1.165) is 19.8 Å². The number of Topliss-reactive ketones (excluding diaryl/α,β-unsaturated/α-hetero) is 1. The van der Waals surface area contributed by atoms with Crippen LogP contribution in [-0.2, 0) is 14.1 Å². The van der Waals surface area contributed by atoms with Crippen molar-refractivity contribution < 1.29 is 19.2 Å². The van der Waals surface area contributed by atoms with Crippen LogP contribution in [0.25, 0.3) is 6.08 Å². The van der Waals surface area contributed by atoms with Crippen LogP contribution in [0.3, 0.4) is 0 Å². The van der Waals surface area contributed by atoms with E-state index >= 15 is 0 Å². The minimum Gasteiger partial charge on any atom is -0.318 e. The summed E-state index contributed by atoms with van der Waals surface area (Å²) in [6.45, 7) is 5.07.